The normalized spacial score (nSPS) is 10.2. The van der Waals surface area contributed by atoms with Crippen molar-refractivity contribution in [3.05, 3.63) is 35.1 Å². The average molecular weight is 254 g/mol. The third-order valence-electron chi connectivity index (χ3n) is 2.32. The van der Waals surface area contributed by atoms with E-state index in [0.29, 0.717) is 22.9 Å². The molecule has 5 nitrogen and oxygen atoms in total. The molecule has 0 radical (unpaired) electrons. The number of H-pyrrole nitrogens is 1. The van der Waals surface area contributed by atoms with E-state index in [1.807, 2.05) is 0 Å². The summed E-state index contributed by atoms with van der Waals surface area (Å²) in [6.45, 7) is 0.433. The highest BCUT2D eigenvalue weighted by atomic mass is 35.5. The lowest BCUT2D eigenvalue weighted by Gasteiger charge is -2.10. The molecular weight excluding hydrogens is 242 g/mol. The first-order valence-electron chi connectivity index (χ1n) is 4.98. The van der Waals surface area contributed by atoms with E-state index in [1.165, 1.54) is 7.11 Å². The lowest BCUT2D eigenvalue weighted by Crippen LogP contribution is -1.99. The monoisotopic (exact) mass is 253 g/mol. The Morgan fingerprint density at radius 2 is 2.35 bits per heavy atom. The predicted molar refractivity (Wildman–Crippen MR) is 65.6 cm³/mol. The van der Waals surface area contributed by atoms with E-state index >= 15 is 0 Å². The Labute approximate surface area is 103 Å². The number of aromatic hydroxyl groups is 1. The van der Waals surface area contributed by atoms with Crippen LogP contribution in [0.5, 0.6) is 11.5 Å². The summed E-state index contributed by atoms with van der Waals surface area (Å²) in [6.07, 6.45) is 3.37. The van der Waals surface area contributed by atoms with Gasteiger partial charge in [0.1, 0.15) is 0 Å². The van der Waals surface area contributed by atoms with Gasteiger partial charge >= 0.3 is 0 Å². The van der Waals surface area contributed by atoms with Crippen LogP contribution in [0, 0.1) is 0 Å². The number of rotatable bonds is 4. The smallest absolute Gasteiger partial charge is 0.162 e. The van der Waals surface area contributed by atoms with Crippen molar-refractivity contribution in [2.24, 2.45) is 0 Å². The van der Waals surface area contributed by atoms with Crippen molar-refractivity contribution in [3.8, 4) is 11.5 Å². The zero-order valence-corrected chi connectivity index (χ0v) is 9.95. The molecule has 0 aliphatic rings. The summed E-state index contributed by atoms with van der Waals surface area (Å²) in [5.74, 6) is 0.453. The number of phenolic OH excluding ortho intramolecular Hbond substituents is 1. The highest BCUT2D eigenvalue weighted by Gasteiger charge is 2.09. The molecule has 0 spiro atoms. The maximum atomic E-state index is 9.89. The number of nitrogens with zero attached hydrogens (tertiary/aromatic N) is 1. The van der Waals surface area contributed by atoms with E-state index in [4.69, 9.17) is 16.3 Å². The van der Waals surface area contributed by atoms with Gasteiger partial charge < -0.3 is 15.2 Å². The number of nitrogens with one attached hydrogen (secondary N) is 2. The van der Waals surface area contributed by atoms with Crippen molar-refractivity contribution < 1.29 is 9.84 Å². The molecular formula is C11H12ClN3O2. The first-order valence-corrected chi connectivity index (χ1v) is 5.36. The molecule has 90 valence electrons. The van der Waals surface area contributed by atoms with Crippen LogP contribution in [0.1, 0.15) is 5.56 Å². The zero-order valence-electron chi connectivity index (χ0n) is 9.20. The molecule has 17 heavy (non-hydrogen) atoms. The predicted octanol–water partition coefficient (Wildman–Crippen LogP) is 2.39. The number of hydrogen-bond acceptors (Lipinski definition) is 4. The van der Waals surface area contributed by atoms with E-state index < -0.39 is 0 Å². The molecule has 0 saturated carbocycles. The van der Waals surface area contributed by atoms with Gasteiger partial charge in [-0.05, 0) is 6.07 Å². The quantitative estimate of drug-likeness (QED) is 0.783. The van der Waals surface area contributed by atoms with Gasteiger partial charge in [-0.1, -0.05) is 11.6 Å². The average Bonchev–Trinajstić information content (AvgIpc) is 2.82. The van der Waals surface area contributed by atoms with Crippen LogP contribution >= 0.6 is 11.6 Å². The molecule has 0 bridgehead atoms. The van der Waals surface area contributed by atoms with E-state index in [-0.39, 0.29) is 5.75 Å². The molecule has 3 N–H and O–H groups in total. The Morgan fingerprint density at radius 3 is 3.00 bits per heavy atom. The van der Waals surface area contributed by atoms with Crippen LogP contribution in [-0.2, 0) is 6.54 Å². The number of aromatic amines is 1. The molecule has 0 atom stereocenters. The van der Waals surface area contributed by atoms with Crippen LogP contribution in [0.25, 0.3) is 0 Å². The molecule has 1 heterocycles. The highest BCUT2D eigenvalue weighted by Crippen LogP contribution is 2.33. The van der Waals surface area contributed by atoms with E-state index in [1.54, 1.807) is 24.5 Å². The van der Waals surface area contributed by atoms with Crippen LogP contribution in [-0.4, -0.2) is 22.4 Å². The Balaban J connectivity index is 2.17. The van der Waals surface area contributed by atoms with Crippen LogP contribution in [0.2, 0.25) is 5.02 Å². The second-order valence-corrected chi connectivity index (χ2v) is 3.89. The molecule has 0 amide bonds. The SMILES string of the molecule is COc1cc(Cl)cc(CNc2cn[nH]c2)c1O. The van der Waals surface area contributed by atoms with Gasteiger partial charge in [0.05, 0.1) is 19.0 Å². The minimum atomic E-state index is 0.0906. The van der Waals surface area contributed by atoms with Crippen molar-refractivity contribution in [3.63, 3.8) is 0 Å². The second-order valence-electron chi connectivity index (χ2n) is 3.46. The van der Waals surface area contributed by atoms with Gasteiger partial charge in [0, 0.05) is 29.4 Å². The van der Waals surface area contributed by atoms with Crippen LogP contribution < -0.4 is 10.1 Å². The topological polar surface area (TPSA) is 70.2 Å². The van der Waals surface area contributed by atoms with Crippen LogP contribution in [0.4, 0.5) is 5.69 Å². The number of methoxy groups -OCH3 is 1. The number of aromatic nitrogens is 2. The third kappa shape index (κ3) is 2.62. The standard InChI is InChI=1S/C11H12ClN3O2/c1-17-10-3-8(12)2-7(11(10)16)4-13-9-5-14-15-6-9/h2-3,5-6,13,16H,4H2,1H3,(H,14,15). The molecule has 1 aromatic carbocycles. The van der Waals surface area contributed by atoms with E-state index in [2.05, 4.69) is 15.5 Å². The first-order chi connectivity index (χ1) is 8.20. The second kappa shape index (κ2) is 4.97. The van der Waals surface area contributed by atoms with Crippen molar-refractivity contribution in [2.45, 2.75) is 6.54 Å². The van der Waals surface area contributed by atoms with E-state index in [9.17, 15) is 5.11 Å². The summed E-state index contributed by atoms with van der Waals surface area (Å²) in [6, 6.07) is 3.25. The zero-order chi connectivity index (χ0) is 12.3. The summed E-state index contributed by atoms with van der Waals surface area (Å²) in [5.41, 5.74) is 1.50. The van der Waals surface area contributed by atoms with Gasteiger partial charge in [-0.25, -0.2) is 0 Å². The minimum Gasteiger partial charge on any atom is -0.504 e. The minimum absolute atomic E-state index is 0.0906. The molecule has 2 rings (SSSR count). The van der Waals surface area contributed by atoms with E-state index in [0.717, 1.165) is 5.69 Å². The summed E-state index contributed by atoms with van der Waals surface area (Å²) in [7, 11) is 1.48. The summed E-state index contributed by atoms with van der Waals surface area (Å²) in [5, 5.41) is 20.0. The maximum Gasteiger partial charge on any atom is 0.162 e. The number of anilines is 1. The molecule has 1 aromatic heterocycles. The van der Waals surface area contributed by atoms with Gasteiger partial charge in [-0.3, -0.25) is 5.10 Å². The maximum absolute atomic E-state index is 9.89. The van der Waals surface area contributed by atoms with Crippen LogP contribution in [0.15, 0.2) is 24.5 Å². The number of benzene rings is 1. The molecule has 2 aromatic rings. The fourth-order valence-corrected chi connectivity index (χ4v) is 1.69. The number of ether oxygens (including phenoxy) is 1. The molecule has 0 unspecified atom stereocenters. The number of hydrogen-bond donors (Lipinski definition) is 3. The largest absolute Gasteiger partial charge is 0.504 e. The third-order valence-corrected chi connectivity index (χ3v) is 2.54. The Morgan fingerprint density at radius 1 is 1.53 bits per heavy atom. The first kappa shape index (κ1) is 11.6. The van der Waals surface area contributed by atoms with Crippen molar-refractivity contribution in [1.82, 2.24) is 10.2 Å². The van der Waals surface area contributed by atoms with Gasteiger partial charge in [-0.15, -0.1) is 0 Å². The highest BCUT2D eigenvalue weighted by molar-refractivity contribution is 6.30. The van der Waals surface area contributed by atoms with Gasteiger partial charge in [0.2, 0.25) is 0 Å². The molecule has 0 saturated heterocycles. The van der Waals surface area contributed by atoms with Crippen molar-refractivity contribution in [2.75, 3.05) is 12.4 Å². The van der Waals surface area contributed by atoms with Crippen LogP contribution in [0.3, 0.4) is 0 Å². The molecule has 0 aliphatic heterocycles. The van der Waals surface area contributed by atoms with Gasteiger partial charge in [-0.2, -0.15) is 5.10 Å². The summed E-state index contributed by atoms with van der Waals surface area (Å²) < 4.78 is 5.02. The van der Waals surface area contributed by atoms with Gasteiger partial charge in [0.15, 0.2) is 11.5 Å². The molecule has 6 heteroatoms. The number of halogens is 1. The molecule has 0 fully saturated rings. The molecule has 0 aliphatic carbocycles. The fraction of sp³-hybridized carbons (Fsp3) is 0.182. The lowest BCUT2D eigenvalue weighted by atomic mass is 10.2. The Bertz CT molecular complexity index is 500. The lowest BCUT2D eigenvalue weighted by molar-refractivity contribution is 0.371. The summed E-state index contributed by atoms with van der Waals surface area (Å²) in [4.78, 5) is 0. The number of phenols is 1. The summed E-state index contributed by atoms with van der Waals surface area (Å²) >= 11 is 5.92. The Kier molecular flexibility index (Phi) is 3.39. The van der Waals surface area contributed by atoms with Crippen molar-refractivity contribution in [1.29, 1.82) is 0 Å². The van der Waals surface area contributed by atoms with Gasteiger partial charge in [0.25, 0.3) is 0 Å². The van der Waals surface area contributed by atoms with Crippen molar-refractivity contribution >= 4 is 17.3 Å². The Hall–Kier alpha value is -1.88. The fourth-order valence-electron chi connectivity index (χ4n) is 1.46.